The van der Waals surface area contributed by atoms with Crippen LogP contribution in [-0.4, -0.2) is 48.9 Å². The molecule has 1 amide bonds. The number of rotatable bonds is 4. The molecule has 10 heteroatoms. The molecule has 1 N–H and O–H groups in total. The monoisotopic (exact) mass is 446 g/mol. The summed E-state index contributed by atoms with van der Waals surface area (Å²) >= 11 is 12.6. The van der Waals surface area contributed by atoms with Gasteiger partial charge in [0.25, 0.3) is 5.56 Å². The molecule has 1 aliphatic carbocycles. The van der Waals surface area contributed by atoms with E-state index in [2.05, 4.69) is 20.3 Å². The van der Waals surface area contributed by atoms with Crippen LogP contribution in [0, 0.1) is 5.92 Å². The molecular weight excluding hydrogens is 427 g/mol. The molecule has 5 rings (SSSR count). The molecule has 1 saturated heterocycles. The summed E-state index contributed by atoms with van der Waals surface area (Å²) in [5, 5.41) is 9.11. The van der Waals surface area contributed by atoms with E-state index in [9.17, 15) is 9.59 Å². The highest BCUT2D eigenvalue weighted by molar-refractivity contribution is 6.36. The van der Waals surface area contributed by atoms with E-state index in [1.807, 2.05) is 4.90 Å². The Bertz CT molecular complexity index is 1170. The van der Waals surface area contributed by atoms with E-state index in [1.54, 1.807) is 18.2 Å². The SMILES string of the molecule is O=C(C1CC1)N1CCC[C@@H](c2nc3c(nnn3Cc3c(Cl)cccc3Cl)c(=O)[nH]2)C1. The number of likely N-dealkylation sites (tertiary alicyclic amines) is 1. The molecule has 156 valence electrons. The van der Waals surface area contributed by atoms with Gasteiger partial charge in [-0.2, -0.15) is 0 Å². The summed E-state index contributed by atoms with van der Waals surface area (Å²) < 4.78 is 1.54. The summed E-state index contributed by atoms with van der Waals surface area (Å²) in [5.74, 6) is 0.952. The van der Waals surface area contributed by atoms with Crippen LogP contribution in [0.3, 0.4) is 0 Å². The smallest absolute Gasteiger partial charge is 0.281 e. The Hall–Kier alpha value is -2.45. The number of piperidine rings is 1. The lowest BCUT2D eigenvalue weighted by molar-refractivity contribution is -0.133. The standard InChI is InChI=1S/C20H20Cl2N6O2/c21-14-4-1-5-15(22)13(14)10-28-18-16(25-26-28)19(29)24-17(23-18)12-3-2-8-27(9-12)20(30)11-6-7-11/h1,4-5,11-12H,2-3,6-10H2,(H,23,24,29)/t12-/m1/s1. The number of fused-ring (bicyclic) bond motifs is 1. The number of aromatic nitrogens is 5. The fourth-order valence-electron chi connectivity index (χ4n) is 4.01. The van der Waals surface area contributed by atoms with Crippen molar-refractivity contribution < 1.29 is 4.79 Å². The zero-order chi connectivity index (χ0) is 20.8. The average Bonchev–Trinajstić information content (AvgIpc) is 3.51. The van der Waals surface area contributed by atoms with Crippen LogP contribution in [0.1, 0.15) is 43.0 Å². The van der Waals surface area contributed by atoms with Crippen molar-refractivity contribution in [3.8, 4) is 0 Å². The van der Waals surface area contributed by atoms with Gasteiger partial charge in [-0.15, -0.1) is 5.10 Å². The summed E-state index contributed by atoms with van der Waals surface area (Å²) in [5.41, 5.74) is 0.909. The summed E-state index contributed by atoms with van der Waals surface area (Å²) in [6, 6.07) is 5.27. The lowest BCUT2D eigenvalue weighted by Crippen LogP contribution is -2.40. The van der Waals surface area contributed by atoms with Gasteiger partial charge in [0.15, 0.2) is 11.2 Å². The third kappa shape index (κ3) is 3.58. The number of benzene rings is 1. The topological polar surface area (TPSA) is 96.8 Å². The van der Waals surface area contributed by atoms with Gasteiger partial charge in [-0.05, 0) is 37.8 Å². The van der Waals surface area contributed by atoms with E-state index < -0.39 is 0 Å². The summed E-state index contributed by atoms with van der Waals surface area (Å²) in [4.78, 5) is 34.6. The third-order valence-electron chi connectivity index (χ3n) is 5.81. The first-order chi connectivity index (χ1) is 14.5. The fourth-order valence-corrected chi connectivity index (χ4v) is 4.52. The van der Waals surface area contributed by atoms with Gasteiger partial charge in [0.1, 0.15) is 5.82 Å². The van der Waals surface area contributed by atoms with Crippen molar-refractivity contribution in [3.63, 3.8) is 0 Å². The molecule has 0 spiro atoms. The van der Waals surface area contributed by atoms with Gasteiger partial charge < -0.3 is 9.88 Å². The largest absolute Gasteiger partial charge is 0.342 e. The number of aromatic amines is 1. The number of nitrogens with one attached hydrogen (secondary N) is 1. The van der Waals surface area contributed by atoms with E-state index in [0.717, 1.165) is 32.2 Å². The summed E-state index contributed by atoms with van der Waals surface area (Å²) in [7, 11) is 0. The van der Waals surface area contributed by atoms with Crippen molar-refractivity contribution in [2.45, 2.75) is 38.1 Å². The van der Waals surface area contributed by atoms with Crippen molar-refractivity contribution in [2.75, 3.05) is 13.1 Å². The minimum absolute atomic E-state index is 0.0224. The maximum Gasteiger partial charge on any atom is 0.281 e. The molecule has 30 heavy (non-hydrogen) atoms. The Balaban J connectivity index is 1.48. The molecular formula is C20H20Cl2N6O2. The Kier molecular flexibility index (Phi) is 4.99. The Labute approximate surface area is 182 Å². The first kappa shape index (κ1) is 19.5. The van der Waals surface area contributed by atoms with Gasteiger partial charge in [0.05, 0.1) is 6.54 Å². The maximum absolute atomic E-state index is 12.6. The van der Waals surface area contributed by atoms with Gasteiger partial charge in [-0.1, -0.05) is 34.5 Å². The molecule has 2 aromatic heterocycles. The zero-order valence-electron chi connectivity index (χ0n) is 16.1. The van der Waals surface area contributed by atoms with Crippen LogP contribution in [0.25, 0.3) is 11.2 Å². The number of hydrogen-bond acceptors (Lipinski definition) is 5. The number of hydrogen-bond donors (Lipinski definition) is 1. The lowest BCUT2D eigenvalue weighted by Gasteiger charge is -2.32. The van der Waals surface area contributed by atoms with Gasteiger partial charge in [-0.25, -0.2) is 9.67 Å². The number of nitrogens with zero attached hydrogens (tertiary/aromatic N) is 5. The van der Waals surface area contributed by atoms with Crippen LogP contribution in [0.5, 0.6) is 0 Å². The molecule has 2 fully saturated rings. The highest BCUT2D eigenvalue weighted by atomic mass is 35.5. The molecule has 1 aromatic carbocycles. The average molecular weight is 447 g/mol. The molecule has 1 saturated carbocycles. The van der Waals surface area contributed by atoms with Gasteiger partial charge >= 0.3 is 0 Å². The number of halogens is 2. The van der Waals surface area contributed by atoms with Crippen LogP contribution in [0.15, 0.2) is 23.0 Å². The van der Waals surface area contributed by atoms with E-state index in [-0.39, 0.29) is 35.4 Å². The highest BCUT2D eigenvalue weighted by Gasteiger charge is 2.36. The normalized spacial score (nSPS) is 19.4. The van der Waals surface area contributed by atoms with E-state index in [0.29, 0.717) is 33.6 Å². The molecule has 0 bridgehead atoms. The maximum atomic E-state index is 12.6. The lowest BCUT2D eigenvalue weighted by atomic mass is 9.96. The molecule has 2 aliphatic rings. The molecule has 1 atom stereocenters. The van der Waals surface area contributed by atoms with Crippen LogP contribution in [-0.2, 0) is 11.3 Å². The molecule has 3 heterocycles. The molecule has 0 unspecified atom stereocenters. The van der Waals surface area contributed by atoms with Crippen molar-refractivity contribution >= 4 is 40.3 Å². The quantitative estimate of drug-likeness (QED) is 0.664. The van der Waals surface area contributed by atoms with Crippen LogP contribution in [0.2, 0.25) is 10.0 Å². The second-order valence-electron chi connectivity index (χ2n) is 7.97. The third-order valence-corrected chi connectivity index (χ3v) is 6.52. The van der Waals surface area contributed by atoms with Crippen molar-refractivity contribution in [1.29, 1.82) is 0 Å². The highest BCUT2D eigenvalue weighted by Crippen LogP contribution is 2.34. The number of carbonyl (C=O) groups excluding carboxylic acids is 1. The van der Waals surface area contributed by atoms with Crippen molar-refractivity contribution in [3.05, 3.63) is 50.0 Å². The van der Waals surface area contributed by atoms with Gasteiger partial charge in [-0.3, -0.25) is 9.59 Å². The molecule has 0 radical (unpaired) electrons. The number of carbonyl (C=O) groups is 1. The van der Waals surface area contributed by atoms with E-state index >= 15 is 0 Å². The van der Waals surface area contributed by atoms with Crippen LogP contribution >= 0.6 is 23.2 Å². The predicted molar refractivity (Wildman–Crippen MR) is 113 cm³/mol. The predicted octanol–water partition coefficient (Wildman–Crippen LogP) is 2.99. The molecule has 8 nitrogen and oxygen atoms in total. The van der Waals surface area contributed by atoms with Crippen molar-refractivity contribution in [2.24, 2.45) is 5.92 Å². The summed E-state index contributed by atoms with van der Waals surface area (Å²) in [6.45, 7) is 1.59. The van der Waals surface area contributed by atoms with Crippen LogP contribution < -0.4 is 5.56 Å². The zero-order valence-corrected chi connectivity index (χ0v) is 17.7. The van der Waals surface area contributed by atoms with Gasteiger partial charge in [0.2, 0.25) is 5.91 Å². The minimum atomic E-state index is -0.336. The number of amides is 1. The molecule has 3 aromatic rings. The van der Waals surface area contributed by atoms with E-state index in [4.69, 9.17) is 23.2 Å². The number of H-pyrrole nitrogens is 1. The minimum Gasteiger partial charge on any atom is -0.342 e. The summed E-state index contributed by atoms with van der Waals surface area (Å²) in [6.07, 6.45) is 3.71. The second-order valence-corrected chi connectivity index (χ2v) is 8.78. The Morgan fingerprint density at radius 3 is 2.70 bits per heavy atom. The Morgan fingerprint density at radius 2 is 1.97 bits per heavy atom. The fraction of sp³-hybridized carbons (Fsp3) is 0.450. The van der Waals surface area contributed by atoms with Crippen molar-refractivity contribution in [1.82, 2.24) is 29.9 Å². The first-order valence-electron chi connectivity index (χ1n) is 10.1. The van der Waals surface area contributed by atoms with Gasteiger partial charge in [0, 0.05) is 40.5 Å². The second kappa shape index (κ2) is 7.67. The molecule has 1 aliphatic heterocycles. The van der Waals surface area contributed by atoms with E-state index in [1.165, 1.54) is 4.68 Å². The first-order valence-corrected chi connectivity index (χ1v) is 10.8. The van der Waals surface area contributed by atoms with Crippen LogP contribution in [0.4, 0.5) is 0 Å². The Morgan fingerprint density at radius 1 is 1.20 bits per heavy atom.